The molecule has 0 saturated carbocycles. The summed E-state index contributed by atoms with van der Waals surface area (Å²) < 4.78 is 1.64. The fraction of sp³-hybridized carbons (Fsp3) is 0.667. The molecule has 2 nitrogen and oxygen atoms in total. The first kappa shape index (κ1) is 55.2. The summed E-state index contributed by atoms with van der Waals surface area (Å²) in [6.07, 6.45) is 38.1. The van der Waals surface area contributed by atoms with Crippen LogP contribution in [0.4, 0.5) is 0 Å². The Morgan fingerprint density at radius 2 is 0.684 bits per heavy atom. The molecule has 0 radical (unpaired) electrons. The first-order valence-corrected chi connectivity index (χ1v) is 23.7. The fourth-order valence-corrected chi connectivity index (χ4v) is 8.78. The van der Waals surface area contributed by atoms with Crippen LogP contribution in [0.3, 0.4) is 0 Å². The maximum atomic E-state index is 12.5. The fourth-order valence-electron chi connectivity index (χ4n) is 8.78. The zero-order valence-corrected chi connectivity index (χ0v) is 40.7. The summed E-state index contributed by atoms with van der Waals surface area (Å²) in [5.41, 5.74) is 27.8. The van der Waals surface area contributed by atoms with E-state index in [0.29, 0.717) is 0 Å². The van der Waals surface area contributed by atoms with Gasteiger partial charge in [-0.25, -0.2) is 4.70 Å². The van der Waals surface area contributed by atoms with Crippen molar-refractivity contribution in [3.05, 3.63) is 101 Å². The van der Waals surface area contributed by atoms with Gasteiger partial charge in [0.2, 0.25) is 11.4 Å². The number of rotatable bonds is 31. The van der Waals surface area contributed by atoms with Crippen molar-refractivity contribution in [2.24, 2.45) is 0 Å². The second kappa shape index (κ2) is 33.0. The number of aryl methyl sites for hydroxylation is 4. The van der Waals surface area contributed by atoms with E-state index in [1.807, 2.05) is 0 Å². The van der Waals surface area contributed by atoms with Gasteiger partial charge >= 0.3 is 20.4 Å². The second-order valence-corrected chi connectivity index (χ2v) is 16.8. The van der Waals surface area contributed by atoms with E-state index in [1.165, 1.54) is 171 Å². The number of benzene rings is 2. The van der Waals surface area contributed by atoms with Crippen LogP contribution >= 0.6 is 0 Å². The van der Waals surface area contributed by atoms with Gasteiger partial charge in [-0.1, -0.05) is 145 Å². The molecular formula is C54H90N2Pd. The predicted molar refractivity (Wildman–Crippen MR) is 252 cm³/mol. The van der Waals surface area contributed by atoms with Gasteiger partial charge in [-0.3, -0.25) is 0 Å². The van der Waals surface area contributed by atoms with E-state index in [0.717, 1.165) is 43.5 Å². The van der Waals surface area contributed by atoms with Crippen molar-refractivity contribution < 1.29 is 25.1 Å². The Labute approximate surface area is 370 Å². The van der Waals surface area contributed by atoms with Crippen LogP contribution in [0.2, 0.25) is 0 Å². The third-order valence-corrected chi connectivity index (χ3v) is 12.1. The Morgan fingerprint density at radius 3 is 1.04 bits per heavy atom. The first-order valence-electron chi connectivity index (χ1n) is 23.7. The minimum absolute atomic E-state index is 0. The Hall–Kier alpha value is -1.82. The topological polar surface area (TPSA) is 25.3 Å². The number of hydrogen-bond donors (Lipinski definition) is 0. The van der Waals surface area contributed by atoms with Crippen LogP contribution in [-0.2, 0) is 58.9 Å². The smallest absolute Gasteiger partial charge is 0.493 e. The van der Waals surface area contributed by atoms with E-state index in [9.17, 15) is 5.53 Å². The summed E-state index contributed by atoms with van der Waals surface area (Å²) in [6, 6.07) is 10.0. The SMILES string of the molecule is CCCCCCC1=C(c2cc(CCCCC)c(CCCCC)c(CCCCC)c2)[N+](=[N-])C(c2cc(CCCCC)c(CCCCC)c(CCCCC)c2)=C1.[CH3-].[CH3-].[Pd+2]. The standard InChI is InChI=1S/C52H84N2.2CH3.Pd/c1-8-15-22-29-34-46-41-51(47-37-42(30-23-16-9-2)49(35-27-20-13-6)43(38-47)31-24-17-10-3)54(53)52(46)48-39-44(32-25-18-11-4)50(36-28-21-14-7)45(40-48)33-26-19-12-5;;;/h37-41H,8-36H2,1-7H3;2*1H3;/q;2*-1;+2. The Kier molecular flexibility index (Phi) is 31.9. The quantitative estimate of drug-likeness (QED) is 0.0312. The molecule has 1 heterocycles. The van der Waals surface area contributed by atoms with Gasteiger partial charge in [0.05, 0.1) is 0 Å². The van der Waals surface area contributed by atoms with E-state index >= 15 is 0 Å². The molecule has 1 aliphatic rings. The van der Waals surface area contributed by atoms with Crippen molar-refractivity contribution in [1.82, 2.24) is 0 Å². The van der Waals surface area contributed by atoms with Gasteiger partial charge in [-0.2, -0.15) is 0 Å². The van der Waals surface area contributed by atoms with Gasteiger partial charge < -0.3 is 20.4 Å². The summed E-state index contributed by atoms with van der Waals surface area (Å²) in [6.45, 7) is 16.2. The zero-order chi connectivity index (χ0) is 39.0. The van der Waals surface area contributed by atoms with Crippen molar-refractivity contribution in [3.63, 3.8) is 0 Å². The summed E-state index contributed by atoms with van der Waals surface area (Å²) in [4.78, 5) is 0. The average Bonchev–Trinajstić information content (AvgIpc) is 3.50. The third kappa shape index (κ3) is 18.1. The first-order chi connectivity index (χ1) is 26.5. The molecular weight excluding hydrogens is 783 g/mol. The molecule has 2 aromatic carbocycles. The van der Waals surface area contributed by atoms with E-state index in [1.54, 1.807) is 38.1 Å². The number of allylic oxidation sites excluding steroid dienone is 2. The molecule has 3 rings (SSSR count). The monoisotopic (exact) mass is 873 g/mol. The van der Waals surface area contributed by atoms with Crippen molar-refractivity contribution in [1.29, 1.82) is 0 Å². The molecule has 0 aliphatic carbocycles. The molecule has 326 valence electrons. The molecule has 0 atom stereocenters. The molecule has 3 heteroatoms. The minimum Gasteiger partial charge on any atom is -0.493 e. The van der Waals surface area contributed by atoms with Crippen LogP contribution in [0, 0.1) is 14.9 Å². The average molecular weight is 874 g/mol. The van der Waals surface area contributed by atoms with Crippen molar-refractivity contribution in [2.75, 3.05) is 0 Å². The van der Waals surface area contributed by atoms with Crippen LogP contribution in [0.5, 0.6) is 0 Å². The molecule has 0 unspecified atom stereocenters. The normalized spacial score (nSPS) is 12.4. The van der Waals surface area contributed by atoms with Gasteiger partial charge in [0.25, 0.3) is 0 Å². The number of hydrogen-bond acceptors (Lipinski definition) is 0. The van der Waals surface area contributed by atoms with Crippen molar-refractivity contribution in [2.45, 2.75) is 235 Å². The van der Waals surface area contributed by atoms with E-state index in [4.69, 9.17) is 0 Å². The second-order valence-electron chi connectivity index (χ2n) is 16.8. The van der Waals surface area contributed by atoms with Crippen LogP contribution in [-0.4, -0.2) is 4.70 Å². The van der Waals surface area contributed by atoms with E-state index in [2.05, 4.69) is 78.8 Å². The van der Waals surface area contributed by atoms with Gasteiger partial charge in [-0.05, 0) is 148 Å². The summed E-state index contributed by atoms with van der Waals surface area (Å²) in [7, 11) is 0. The zero-order valence-electron chi connectivity index (χ0n) is 39.1. The molecule has 0 amide bonds. The van der Waals surface area contributed by atoms with Gasteiger partial charge in [0, 0.05) is 22.8 Å². The third-order valence-electron chi connectivity index (χ3n) is 12.1. The van der Waals surface area contributed by atoms with Crippen molar-refractivity contribution >= 4 is 11.4 Å². The van der Waals surface area contributed by atoms with Gasteiger partial charge in [0.1, 0.15) is 0 Å². The van der Waals surface area contributed by atoms with Crippen LogP contribution < -0.4 is 0 Å². The summed E-state index contributed by atoms with van der Waals surface area (Å²) >= 11 is 0. The van der Waals surface area contributed by atoms with Crippen LogP contribution in [0.1, 0.15) is 241 Å². The Bertz CT molecular complexity index is 1380. The Morgan fingerprint density at radius 1 is 0.386 bits per heavy atom. The molecule has 0 spiro atoms. The minimum atomic E-state index is 0. The van der Waals surface area contributed by atoms with Gasteiger partial charge in [-0.15, -0.1) is 0 Å². The molecule has 57 heavy (non-hydrogen) atoms. The molecule has 0 fully saturated rings. The summed E-state index contributed by atoms with van der Waals surface area (Å²) in [5.74, 6) is 0. The molecule has 2 aromatic rings. The summed E-state index contributed by atoms with van der Waals surface area (Å²) in [5, 5.41) is 0. The van der Waals surface area contributed by atoms with Crippen LogP contribution in [0.25, 0.3) is 16.9 Å². The number of unbranched alkanes of at least 4 members (excludes halogenated alkanes) is 15. The number of nitrogens with zero attached hydrogens (tertiary/aromatic N) is 2. The Balaban J connectivity index is 0.0000105. The largest absolute Gasteiger partial charge is 2.00 e. The predicted octanol–water partition coefficient (Wildman–Crippen LogP) is 17.8. The van der Waals surface area contributed by atoms with Crippen molar-refractivity contribution in [3.8, 4) is 0 Å². The van der Waals surface area contributed by atoms with E-state index < -0.39 is 0 Å². The molecule has 0 aromatic heterocycles. The van der Waals surface area contributed by atoms with E-state index in [-0.39, 0.29) is 35.3 Å². The van der Waals surface area contributed by atoms with Gasteiger partial charge in [0.15, 0.2) is 0 Å². The molecule has 0 saturated heterocycles. The maximum Gasteiger partial charge on any atom is 2.00 e. The van der Waals surface area contributed by atoms with Crippen LogP contribution in [0.15, 0.2) is 35.9 Å². The molecule has 0 N–H and O–H groups in total. The molecule has 0 bridgehead atoms. The molecule has 1 aliphatic heterocycles. The maximum absolute atomic E-state index is 12.5.